The maximum Gasteiger partial charge on any atom is 0.0284 e. The first-order chi connectivity index (χ1) is 6.09. The van der Waals surface area contributed by atoms with Crippen LogP contribution in [0.5, 0.6) is 0 Å². The predicted molar refractivity (Wildman–Crippen MR) is 54.7 cm³/mol. The van der Waals surface area contributed by atoms with Crippen molar-refractivity contribution in [3.63, 3.8) is 0 Å². The van der Waals surface area contributed by atoms with Crippen LogP contribution >= 0.6 is 0 Å². The normalized spacial score (nSPS) is 34.8. The average Bonchev–Trinajstić information content (AvgIpc) is 2.75. The van der Waals surface area contributed by atoms with Crippen LogP contribution < -0.4 is 5.73 Å². The van der Waals surface area contributed by atoms with Gasteiger partial charge >= 0.3 is 0 Å². The molecule has 0 aromatic carbocycles. The highest BCUT2D eigenvalue weighted by atomic mass is 15.3. The summed E-state index contributed by atoms with van der Waals surface area (Å²) in [6.07, 6.45) is 2.46. The van der Waals surface area contributed by atoms with E-state index in [-0.39, 0.29) is 5.54 Å². The highest BCUT2D eigenvalue weighted by Gasteiger charge is 2.41. The SMILES string of the molecule is CC1CN(C)CCN1CC1(N)CC1. The highest BCUT2D eigenvalue weighted by molar-refractivity contribution is 5.02. The van der Waals surface area contributed by atoms with E-state index in [2.05, 4.69) is 23.8 Å². The Morgan fingerprint density at radius 2 is 2.08 bits per heavy atom. The molecule has 0 aromatic rings. The van der Waals surface area contributed by atoms with Gasteiger partial charge in [0.15, 0.2) is 0 Å². The van der Waals surface area contributed by atoms with E-state index in [1.807, 2.05) is 0 Å². The van der Waals surface area contributed by atoms with Gasteiger partial charge in [0, 0.05) is 37.8 Å². The summed E-state index contributed by atoms with van der Waals surface area (Å²) >= 11 is 0. The maximum atomic E-state index is 6.12. The molecular formula is C10H21N3. The number of hydrogen-bond donors (Lipinski definition) is 1. The van der Waals surface area contributed by atoms with E-state index in [1.165, 1.54) is 32.5 Å². The van der Waals surface area contributed by atoms with Crippen LogP contribution in [-0.2, 0) is 0 Å². The molecule has 1 atom stereocenters. The molecule has 2 rings (SSSR count). The standard InChI is InChI=1S/C10H21N3/c1-9-7-12(2)5-6-13(9)8-10(11)3-4-10/h9H,3-8,11H2,1-2H3. The first kappa shape index (κ1) is 9.44. The fourth-order valence-electron chi connectivity index (χ4n) is 2.14. The fourth-order valence-corrected chi connectivity index (χ4v) is 2.14. The Hall–Kier alpha value is -0.120. The lowest BCUT2D eigenvalue weighted by Crippen LogP contribution is -2.54. The van der Waals surface area contributed by atoms with Crippen molar-refractivity contribution in [2.75, 3.05) is 33.2 Å². The maximum absolute atomic E-state index is 6.12. The van der Waals surface area contributed by atoms with Crippen LogP contribution in [0.25, 0.3) is 0 Å². The molecule has 1 saturated heterocycles. The first-order valence-corrected chi connectivity index (χ1v) is 5.31. The number of nitrogens with two attached hydrogens (primary N) is 1. The minimum Gasteiger partial charge on any atom is -0.324 e. The second kappa shape index (κ2) is 3.23. The number of rotatable bonds is 2. The first-order valence-electron chi connectivity index (χ1n) is 5.31. The molecule has 1 aliphatic heterocycles. The molecule has 2 fully saturated rings. The van der Waals surface area contributed by atoms with Crippen molar-refractivity contribution >= 4 is 0 Å². The fraction of sp³-hybridized carbons (Fsp3) is 1.00. The van der Waals surface area contributed by atoms with Crippen LogP contribution in [0.4, 0.5) is 0 Å². The van der Waals surface area contributed by atoms with Crippen LogP contribution in [0, 0.1) is 0 Å². The summed E-state index contributed by atoms with van der Waals surface area (Å²) in [6.45, 7) is 7.00. The van der Waals surface area contributed by atoms with Crippen LogP contribution in [0.2, 0.25) is 0 Å². The Kier molecular flexibility index (Phi) is 2.34. The molecule has 0 bridgehead atoms. The summed E-state index contributed by atoms with van der Waals surface area (Å²) in [6, 6.07) is 0.680. The lowest BCUT2D eigenvalue weighted by Gasteiger charge is -2.39. The molecule has 13 heavy (non-hydrogen) atoms. The molecule has 2 N–H and O–H groups in total. The van der Waals surface area contributed by atoms with E-state index in [0.29, 0.717) is 6.04 Å². The zero-order chi connectivity index (χ0) is 9.47. The lowest BCUT2D eigenvalue weighted by molar-refractivity contribution is 0.0919. The third-order valence-corrected chi connectivity index (χ3v) is 3.38. The van der Waals surface area contributed by atoms with Crippen molar-refractivity contribution in [2.24, 2.45) is 5.73 Å². The minimum absolute atomic E-state index is 0.185. The van der Waals surface area contributed by atoms with Crippen LogP contribution in [-0.4, -0.2) is 54.6 Å². The monoisotopic (exact) mass is 183 g/mol. The predicted octanol–water partition coefficient (Wildman–Crippen LogP) is 0.114. The molecule has 3 nitrogen and oxygen atoms in total. The van der Waals surface area contributed by atoms with Gasteiger partial charge in [0.05, 0.1) is 0 Å². The van der Waals surface area contributed by atoms with E-state index in [1.54, 1.807) is 0 Å². The summed E-state index contributed by atoms with van der Waals surface area (Å²) in [4.78, 5) is 4.95. The molecule has 76 valence electrons. The summed E-state index contributed by atoms with van der Waals surface area (Å²) in [5.41, 5.74) is 6.30. The topological polar surface area (TPSA) is 32.5 Å². The number of hydrogen-bond acceptors (Lipinski definition) is 3. The van der Waals surface area contributed by atoms with Gasteiger partial charge in [-0.25, -0.2) is 0 Å². The summed E-state index contributed by atoms with van der Waals surface area (Å²) < 4.78 is 0. The molecule has 0 spiro atoms. The van der Waals surface area contributed by atoms with Gasteiger partial charge in [-0.05, 0) is 26.8 Å². The Balaban J connectivity index is 1.85. The molecule has 1 unspecified atom stereocenters. The third-order valence-electron chi connectivity index (χ3n) is 3.38. The van der Waals surface area contributed by atoms with Gasteiger partial charge in [0.1, 0.15) is 0 Å². The Labute approximate surface area is 80.9 Å². The van der Waals surface area contributed by atoms with Gasteiger partial charge in [-0.3, -0.25) is 4.90 Å². The van der Waals surface area contributed by atoms with Gasteiger partial charge in [-0.1, -0.05) is 0 Å². The largest absolute Gasteiger partial charge is 0.324 e. The van der Waals surface area contributed by atoms with Crippen molar-refractivity contribution in [3.05, 3.63) is 0 Å². The summed E-state index contributed by atoms with van der Waals surface area (Å²) in [7, 11) is 2.20. The van der Waals surface area contributed by atoms with Gasteiger partial charge < -0.3 is 10.6 Å². The van der Waals surface area contributed by atoms with Gasteiger partial charge in [0.25, 0.3) is 0 Å². The van der Waals surface area contributed by atoms with E-state index in [4.69, 9.17) is 5.73 Å². The van der Waals surface area contributed by atoms with Crippen molar-refractivity contribution in [1.29, 1.82) is 0 Å². The molecule has 1 heterocycles. The Bertz CT molecular complexity index is 189. The van der Waals surface area contributed by atoms with Crippen molar-refractivity contribution in [3.8, 4) is 0 Å². The van der Waals surface area contributed by atoms with Crippen molar-refractivity contribution < 1.29 is 0 Å². The number of piperazine rings is 1. The second-order valence-electron chi connectivity index (χ2n) is 4.94. The second-order valence-corrected chi connectivity index (χ2v) is 4.94. The highest BCUT2D eigenvalue weighted by Crippen LogP contribution is 2.33. The molecule has 1 aliphatic carbocycles. The van der Waals surface area contributed by atoms with Crippen LogP contribution in [0.15, 0.2) is 0 Å². The molecular weight excluding hydrogens is 162 g/mol. The zero-order valence-corrected chi connectivity index (χ0v) is 8.79. The van der Waals surface area contributed by atoms with Crippen molar-refractivity contribution in [2.45, 2.75) is 31.3 Å². The lowest BCUT2D eigenvalue weighted by atomic mass is 10.1. The molecule has 0 amide bonds. The molecule has 0 aromatic heterocycles. The van der Waals surface area contributed by atoms with E-state index in [9.17, 15) is 0 Å². The summed E-state index contributed by atoms with van der Waals surface area (Å²) in [5, 5.41) is 0. The van der Waals surface area contributed by atoms with E-state index in [0.717, 1.165) is 6.54 Å². The van der Waals surface area contributed by atoms with Gasteiger partial charge in [0.2, 0.25) is 0 Å². The number of likely N-dealkylation sites (N-methyl/N-ethyl adjacent to an activating group) is 1. The zero-order valence-electron chi connectivity index (χ0n) is 8.79. The summed E-state index contributed by atoms with van der Waals surface area (Å²) in [5.74, 6) is 0. The van der Waals surface area contributed by atoms with Crippen LogP contribution in [0.1, 0.15) is 19.8 Å². The Morgan fingerprint density at radius 1 is 1.38 bits per heavy atom. The van der Waals surface area contributed by atoms with Gasteiger partial charge in [-0.2, -0.15) is 0 Å². The molecule has 0 radical (unpaired) electrons. The molecule has 1 saturated carbocycles. The molecule has 2 aliphatic rings. The van der Waals surface area contributed by atoms with E-state index < -0.39 is 0 Å². The molecule has 3 heteroatoms. The van der Waals surface area contributed by atoms with Crippen molar-refractivity contribution in [1.82, 2.24) is 9.80 Å². The van der Waals surface area contributed by atoms with Gasteiger partial charge in [-0.15, -0.1) is 0 Å². The average molecular weight is 183 g/mol. The Morgan fingerprint density at radius 3 is 2.62 bits per heavy atom. The van der Waals surface area contributed by atoms with Crippen LogP contribution in [0.3, 0.4) is 0 Å². The number of nitrogens with zero attached hydrogens (tertiary/aromatic N) is 2. The smallest absolute Gasteiger partial charge is 0.0284 e. The quantitative estimate of drug-likeness (QED) is 0.660. The minimum atomic E-state index is 0.185. The third kappa shape index (κ3) is 2.22. The van der Waals surface area contributed by atoms with E-state index >= 15 is 0 Å².